The third kappa shape index (κ3) is 2.18. The minimum atomic E-state index is -0.752. The number of hydrogen-bond acceptors (Lipinski definition) is 3. The molecule has 2 rings (SSSR count). The Bertz CT molecular complexity index is 450. The number of aliphatic hydroxyl groups is 1. The van der Waals surface area contributed by atoms with Crippen molar-refractivity contribution >= 4 is 5.97 Å². The Balaban J connectivity index is 2.30. The summed E-state index contributed by atoms with van der Waals surface area (Å²) < 4.78 is 5.29. The Labute approximate surface area is 107 Å². The predicted molar refractivity (Wildman–Crippen MR) is 68.7 cm³/mol. The summed E-state index contributed by atoms with van der Waals surface area (Å²) in [4.78, 5) is 11.6. The molecule has 0 aliphatic carbocycles. The van der Waals surface area contributed by atoms with Gasteiger partial charge in [-0.25, -0.2) is 4.79 Å². The molecule has 1 aromatic rings. The molecule has 0 spiro atoms. The van der Waals surface area contributed by atoms with Gasteiger partial charge in [0.1, 0.15) is 6.10 Å². The maximum Gasteiger partial charge on any atom is 0.334 e. The van der Waals surface area contributed by atoms with Crippen molar-refractivity contribution in [2.75, 3.05) is 0 Å². The number of carbonyl (C=O) groups is 1. The molecule has 3 nitrogen and oxygen atoms in total. The van der Waals surface area contributed by atoms with Crippen molar-refractivity contribution in [3.05, 3.63) is 48.0 Å². The third-order valence-electron chi connectivity index (χ3n) is 3.40. The molecule has 0 radical (unpaired) electrons. The Hall–Kier alpha value is -1.61. The quantitative estimate of drug-likeness (QED) is 0.658. The second-order valence-electron chi connectivity index (χ2n) is 5.02. The summed E-state index contributed by atoms with van der Waals surface area (Å²) in [5.74, 6) is -0.606. The molecule has 96 valence electrons. The molecular weight excluding hydrogens is 228 g/mol. The van der Waals surface area contributed by atoms with Crippen molar-refractivity contribution in [2.45, 2.75) is 26.1 Å². The van der Waals surface area contributed by atoms with E-state index < -0.39 is 12.1 Å². The van der Waals surface area contributed by atoms with Crippen molar-refractivity contribution in [3.63, 3.8) is 0 Å². The van der Waals surface area contributed by atoms with Crippen LogP contribution in [-0.2, 0) is 9.53 Å². The molecule has 0 bridgehead atoms. The first kappa shape index (κ1) is 12.8. The third-order valence-corrected chi connectivity index (χ3v) is 3.40. The number of hydrogen-bond donors (Lipinski definition) is 1. The van der Waals surface area contributed by atoms with E-state index in [1.54, 1.807) is 0 Å². The standard InChI is InChI=1S/C15H18O3/c1-9(2)14-12(10(3)15(17)18-14)13(16)11-7-5-4-6-8-11/h4-9,12-14,16H,3H2,1-2H3/t12-,13-,14-/m1/s1. The highest BCUT2D eigenvalue weighted by atomic mass is 16.6. The zero-order valence-corrected chi connectivity index (χ0v) is 10.7. The van der Waals surface area contributed by atoms with Crippen LogP contribution in [-0.4, -0.2) is 17.2 Å². The van der Waals surface area contributed by atoms with E-state index >= 15 is 0 Å². The van der Waals surface area contributed by atoms with E-state index in [0.717, 1.165) is 5.56 Å². The fraction of sp³-hybridized carbons (Fsp3) is 0.400. The second kappa shape index (κ2) is 4.94. The van der Waals surface area contributed by atoms with Crippen LogP contribution in [0, 0.1) is 11.8 Å². The topological polar surface area (TPSA) is 46.5 Å². The monoisotopic (exact) mass is 246 g/mol. The maximum atomic E-state index is 11.6. The van der Waals surface area contributed by atoms with Crippen molar-refractivity contribution in [1.29, 1.82) is 0 Å². The predicted octanol–water partition coefficient (Wildman–Crippen LogP) is 2.47. The molecule has 0 unspecified atom stereocenters. The lowest BCUT2D eigenvalue weighted by Gasteiger charge is -2.25. The van der Waals surface area contributed by atoms with Gasteiger partial charge in [-0.3, -0.25) is 0 Å². The Morgan fingerprint density at radius 2 is 1.89 bits per heavy atom. The van der Waals surface area contributed by atoms with Crippen molar-refractivity contribution in [3.8, 4) is 0 Å². The highest BCUT2D eigenvalue weighted by Gasteiger charge is 2.44. The molecule has 1 heterocycles. The van der Waals surface area contributed by atoms with Crippen molar-refractivity contribution < 1.29 is 14.6 Å². The number of esters is 1. The molecule has 1 fully saturated rings. The molecule has 1 aliphatic heterocycles. The van der Waals surface area contributed by atoms with Crippen LogP contribution in [0.1, 0.15) is 25.5 Å². The van der Waals surface area contributed by atoms with E-state index in [1.807, 2.05) is 44.2 Å². The van der Waals surface area contributed by atoms with Gasteiger partial charge in [-0.2, -0.15) is 0 Å². The zero-order chi connectivity index (χ0) is 13.3. The lowest BCUT2D eigenvalue weighted by atomic mass is 9.83. The van der Waals surface area contributed by atoms with Gasteiger partial charge in [-0.05, 0) is 11.5 Å². The van der Waals surface area contributed by atoms with Gasteiger partial charge in [-0.15, -0.1) is 0 Å². The molecule has 1 N–H and O–H groups in total. The van der Waals surface area contributed by atoms with E-state index in [-0.39, 0.29) is 17.9 Å². The number of benzene rings is 1. The number of rotatable bonds is 3. The van der Waals surface area contributed by atoms with Crippen LogP contribution in [0.3, 0.4) is 0 Å². The first-order valence-corrected chi connectivity index (χ1v) is 6.15. The van der Waals surface area contributed by atoms with Crippen LogP contribution in [0.4, 0.5) is 0 Å². The molecule has 1 aromatic carbocycles. The number of ether oxygens (including phenoxy) is 1. The van der Waals surface area contributed by atoms with Crippen molar-refractivity contribution in [1.82, 2.24) is 0 Å². The summed E-state index contributed by atoms with van der Waals surface area (Å²) in [5, 5.41) is 10.4. The summed E-state index contributed by atoms with van der Waals surface area (Å²) >= 11 is 0. The summed E-state index contributed by atoms with van der Waals surface area (Å²) in [5.41, 5.74) is 1.15. The second-order valence-corrected chi connectivity index (χ2v) is 5.02. The molecule has 0 saturated carbocycles. The van der Waals surface area contributed by atoms with Gasteiger partial charge < -0.3 is 9.84 Å². The summed E-state index contributed by atoms with van der Waals surface area (Å²) in [6.45, 7) is 7.71. The Kier molecular flexibility index (Phi) is 3.53. The highest BCUT2D eigenvalue weighted by molar-refractivity contribution is 5.91. The van der Waals surface area contributed by atoms with Gasteiger partial charge in [0.15, 0.2) is 0 Å². The van der Waals surface area contributed by atoms with E-state index in [4.69, 9.17) is 4.74 Å². The van der Waals surface area contributed by atoms with Gasteiger partial charge in [0.2, 0.25) is 0 Å². The molecule has 1 saturated heterocycles. The Morgan fingerprint density at radius 3 is 2.44 bits per heavy atom. The van der Waals surface area contributed by atoms with E-state index in [9.17, 15) is 9.90 Å². The van der Waals surface area contributed by atoms with Crippen molar-refractivity contribution in [2.24, 2.45) is 11.8 Å². The lowest BCUT2D eigenvalue weighted by Crippen LogP contribution is -2.28. The van der Waals surface area contributed by atoms with Crippen LogP contribution >= 0.6 is 0 Å². The first-order chi connectivity index (χ1) is 8.52. The average molecular weight is 246 g/mol. The molecule has 3 atom stereocenters. The smallest absolute Gasteiger partial charge is 0.334 e. The van der Waals surface area contributed by atoms with E-state index in [1.165, 1.54) is 0 Å². The van der Waals surface area contributed by atoms with Crippen LogP contribution in [0.25, 0.3) is 0 Å². The Morgan fingerprint density at radius 1 is 1.28 bits per heavy atom. The molecule has 0 amide bonds. The normalized spacial score (nSPS) is 25.3. The minimum absolute atomic E-state index is 0.150. The maximum absolute atomic E-state index is 11.6. The minimum Gasteiger partial charge on any atom is -0.458 e. The van der Waals surface area contributed by atoms with Crippen LogP contribution in [0.15, 0.2) is 42.5 Å². The van der Waals surface area contributed by atoms with Crippen LogP contribution in [0.5, 0.6) is 0 Å². The van der Waals surface area contributed by atoms with Gasteiger partial charge in [0.25, 0.3) is 0 Å². The molecule has 1 aliphatic rings. The summed E-state index contributed by atoms with van der Waals surface area (Å²) in [7, 11) is 0. The van der Waals surface area contributed by atoms with Gasteiger partial charge in [-0.1, -0.05) is 50.8 Å². The number of cyclic esters (lactones) is 1. The molecular formula is C15H18O3. The fourth-order valence-corrected chi connectivity index (χ4v) is 2.39. The number of carbonyl (C=O) groups excluding carboxylic acids is 1. The van der Waals surface area contributed by atoms with Gasteiger partial charge in [0, 0.05) is 5.57 Å². The van der Waals surface area contributed by atoms with E-state index in [2.05, 4.69) is 6.58 Å². The van der Waals surface area contributed by atoms with E-state index in [0.29, 0.717) is 5.57 Å². The van der Waals surface area contributed by atoms with Gasteiger partial charge >= 0.3 is 5.97 Å². The zero-order valence-electron chi connectivity index (χ0n) is 10.7. The number of aliphatic hydroxyl groups excluding tert-OH is 1. The van der Waals surface area contributed by atoms with Crippen LogP contribution < -0.4 is 0 Å². The summed E-state index contributed by atoms with van der Waals surface area (Å²) in [6, 6.07) is 9.31. The molecule has 0 aromatic heterocycles. The summed E-state index contributed by atoms with van der Waals surface area (Å²) in [6.07, 6.45) is -1.06. The first-order valence-electron chi connectivity index (χ1n) is 6.15. The average Bonchev–Trinajstić information content (AvgIpc) is 2.66. The SMILES string of the molecule is C=C1C(=O)O[C@H](C(C)C)[C@H]1[C@H](O)c1ccccc1. The highest BCUT2D eigenvalue weighted by Crippen LogP contribution is 2.39. The lowest BCUT2D eigenvalue weighted by molar-refractivity contribution is -0.141. The largest absolute Gasteiger partial charge is 0.458 e. The fourth-order valence-electron chi connectivity index (χ4n) is 2.39. The van der Waals surface area contributed by atoms with Crippen LogP contribution in [0.2, 0.25) is 0 Å². The molecule has 3 heteroatoms. The van der Waals surface area contributed by atoms with Gasteiger partial charge in [0.05, 0.1) is 12.0 Å². The molecule has 18 heavy (non-hydrogen) atoms.